The predicted octanol–water partition coefficient (Wildman–Crippen LogP) is 1.36. The van der Waals surface area contributed by atoms with Crippen LogP contribution in [0.2, 0.25) is 0 Å². The van der Waals surface area contributed by atoms with Crippen LogP contribution in [0.5, 0.6) is 11.5 Å². The molecule has 2 aliphatic rings. The molecule has 23 heavy (non-hydrogen) atoms. The Bertz CT molecular complexity index is 549. The fraction of sp³-hybridized carbons (Fsp3) is 0.588. The Kier molecular flexibility index (Phi) is 5.35. The van der Waals surface area contributed by atoms with E-state index in [4.69, 9.17) is 14.2 Å². The van der Waals surface area contributed by atoms with Gasteiger partial charge in [0.15, 0.2) is 11.5 Å². The highest BCUT2D eigenvalue weighted by atomic mass is 16.6. The Labute approximate surface area is 136 Å². The standard InChI is InChI=1S/C17H24N2O4/c1-21-8-6-18-12-17(20)19-7-2-3-14(19)13-4-5-15-16(11-13)23-10-9-22-15/h4-5,11,14,18H,2-3,6-10,12H2,1H3. The van der Waals surface area contributed by atoms with E-state index in [1.807, 2.05) is 23.1 Å². The third kappa shape index (κ3) is 3.76. The average molecular weight is 320 g/mol. The van der Waals surface area contributed by atoms with E-state index in [0.717, 1.165) is 36.4 Å². The van der Waals surface area contributed by atoms with Crippen LogP contribution in [0, 0.1) is 0 Å². The van der Waals surface area contributed by atoms with Crippen LogP contribution in [0.15, 0.2) is 18.2 Å². The third-order valence-corrected chi connectivity index (χ3v) is 4.28. The van der Waals surface area contributed by atoms with Crippen molar-refractivity contribution in [3.05, 3.63) is 23.8 Å². The summed E-state index contributed by atoms with van der Waals surface area (Å²) in [6.07, 6.45) is 2.02. The number of hydrogen-bond acceptors (Lipinski definition) is 5. The summed E-state index contributed by atoms with van der Waals surface area (Å²) in [4.78, 5) is 14.4. The van der Waals surface area contributed by atoms with Gasteiger partial charge >= 0.3 is 0 Å². The topological polar surface area (TPSA) is 60.0 Å². The molecule has 1 N–H and O–H groups in total. The molecule has 0 saturated carbocycles. The molecule has 1 amide bonds. The summed E-state index contributed by atoms with van der Waals surface area (Å²) in [7, 11) is 1.65. The van der Waals surface area contributed by atoms with E-state index in [9.17, 15) is 4.79 Å². The fourth-order valence-corrected chi connectivity index (χ4v) is 3.15. The highest BCUT2D eigenvalue weighted by Gasteiger charge is 2.30. The summed E-state index contributed by atoms with van der Waals surface area (Å²) in [5.41, 5.74) is 1.12. The Hall–Kier alpha value is -1.79. The summed E-state index contributed by atoms with van der Waals surface area (Å²) >= 11 is 0. The number of benzene rings is 1. The predicted molar refractivity (Wildman–Crippen MR) is 85.9 cm³/mol. The molecule has 6 nitrogen and oxygen atoms in total. The van der Waals surface area contributed by atoms with E-state index < -0.39 is 0 Å². The minimum atomic E-state index is 0.127. The molecule has 6 heteroatoms. The molecule has 1 aromatic rings. The van der Waals surface area contributed by atoms with Gasteiger partial charge in [0.05, 0.1) is 19.2 Å². The molecule has 0 radical (unpaired) electrons. The Morgan fingerprint density at radius 3 is 3.00 bits per heavy atom. The Morgan fingerprint density at radius 2 is 2.17 bits per heavy atom. The molecule has 2 aliphatic heterocycles. The van der Waals surface area contributed by atoms with Gasteiger partial charge in [-0.25, -0.2) is 0 Å². The van der Waals surface area contributed by atoms with Crippen LogP contribution in [0.1, 0.15) is 24.4 Å². The van der Waals surface area contributed by atoms with Crippen molar-refractivity contribution in [2.24, 2.45) is 0 Å². The molecule has 1 unspecified atom stereocenters. The van der Waals surface area contributed by atoms with E-state index in [-0.39, 0.29) is 11.9 Å². The first-order valence-electron chi connectivity index (χ1n) is 8.18. The van der Waals surface area contributed by atoms with Crippen molar-refractivity contribution in [3.63, 3.8) is 0 Å². The molecule has 1 saturated heterocycles. The maximum atomic E-state index is 12.4. The first-order valence-corrected chi connectivity index (χ1v) is 8.18. The number of carbonyl (C=O) groups is 1. The lowest BCUT2D eigenvalue weighted by Crippen LogP contribution is -2.38. The Morgan fingerprint density at radius 1 is 1.35 bits per heavy atom. The van der Waals surface area contributed by atoms with Crippen LogP contribution in [0.25, 0.3) is 0 Å². The van der Waals surface area contributed by atoms with Gasteiger partial charge in [-0.05, 0) is 30.5 Å². The smallest absolute Gasteiger partial charge is 0.237 e. The second-order valence-electron chi connectivity index (χ2n) is 5.82. The zero-order valence-corrected chi connectivity index (χ0v) is 13.5. The van der Waals surface area contributed by atoms with Crippen molar-refractivity contribution < 1.29 is 19.0 Å². The molecular formula is C17H24N2O4. The molecule has 0 spiro atoms. The van der Waals surface area contributed by atoms with E-state index in [1.165, 1.54) is 0 Å². The number of ether oxygens (including phenoxy) is 3. The summed E-state index contributed by atoms with van der Waals surface area (Å²) in [5, 5.41) is 3.12. The number of nitrogens with zero attached hydrogens (tertiary/aromatic N) is 1. The van der Waals surface area contributed by atoms with Crippen molar-refractivity contribution in [1.29, 1.82) is 0 Å². The van der Waals surface area contributed by atoms with E-state index in [1.54, 1.807) is 7.11 Å². The lowest BCUT2D eigenvalue weighted by Gasteiger charge is -2.27. The van der Waals surface area contributed by atoms with Gasteiger partial charge in [0.25, 0.3) is 0 Å². The molecule has 1 aromatic carbocycles. The minimum Gasteiger partial charge on any atom is -0.486 e. The molecule has 1 fully saturated rings. The van der Waals surface area contributed by atoms with Gasteiger partial charge in [0.1, 0.15) is 13.2 Å². The third-order valence-electron chi connectivity index (χ3n) is 4.28. The van der Waals surface area contributed by atoms with E-state index >= 15 is 0 Å². The molecule has 2 heterocycles. The zero-order valence-electron chi connectivity index (χ0n) is 13.5. The van der Waals surface area contributed by atoms with Crippen LogP contribution in [0.3, 0.4) is 0 Å². The van der Waals surface area contributed by atoms with Crippen LogP contribution < -0.4 is 14.8 Å². The average Bonchev–Trinajstić information content (AvgIpc) is 3.08. The summed E-state index contributed by atoms with van der Waals surface area (Å²) in [6, 6.07) is 6.13. The largest absolute Gasteiger partial charge is 0.486 e. The van der Waals surface area contributed by atoms with Crippen molar-refractivity contribution >= 4 is 5.91 Å². The van der Waals surface area contributed by atoms with Crippen LogP contribution in [0.4, 0.5) is 0 Å². The van der Waals surface area contributed by atoms with Crippen molar-refractivity contribution in [3.8, 4) is 11.5 Å². The summed E-state index contributed by atoms with van der Waals surface area (Å²) in [5.74, 6) is 1.71. The number of hydrogen-bond donors (Lipinski definition) is 1. The molecule has 0 aromatic heterocycles. The molecule has 3 rings (SSSR count). The maximum Gasteiger partial charge on any atom is 0.237 e. The van der Waals surface area contributed by atoms with Gasteiger partial charge in [-0.15, -0.1) is 0 Å². The molecule has 0 aliphatic carbocycles. The van der Waals surface area contributed by atoms with Crippen LogP contribution in [-0.4, -0.2) is 57.4 Å². The van der Waals surface area contributed by atoms with Gasteiger partial charge in [0.2, 0.25) is 5.91 Å². The lowest BCUT2D eigenvalue weighted by molar-refractivity contribution is -0.131. The minimum absolute atomic E-state index is 0.127. The van der Waals surface area contributed by atoms with Crippen molar-refractivity contribution in [2.75, 3.05) is 46.6 Å². The number of rotatable bonds is 6. The number of nitrogens with one attached hydrogen (secondary N) is 1. The summed E-state index contributed by atoms with van der Waals surface area (Å²) < 4.78 is 16.2. The van der Waals surface area contributed by atoms with Gasteiger partial charge in [0, 0.05) is 20.2 Å². The number of fused-ring (bicyclic) bond motifs is 1. The number of carbonyl (C=O) groups excluding carboxylic acids is 1. The molecular weight excluding hydrogens is 296 g/mol. The molecule has 1 atom stereocenters. The second-order valence-corrected chi connectivity index (χ2v) is 5.82. The zero-order chi connectivity index (χ0) is 16.1. The number of amides is 1. The van der Waals surface area contributed by atoms with Gasteiger partial charge < -0.3 is 24.4 Å². The van der Waals surface area contributed by atoms with Crippen LogP contribution >= 0.6 is 0 Å². The first kappa shape index (κ1) is 16.1. The highest BCUT2D eigenvalue weighted by molar-refractivity contribution is 5.79. The number of likely N-dealkylation sites (tertiary alicyclic amines) is 1. The summed E-state index contributed by atoms with van der Waals surface area (Å²) in [6.45, 7) is 3.62. The van der Waals surface area contributed by atoms with Gasteiger partial charge in [-0.1, -0.05) is 6.07 Å². The number of methoxy groups -OCH3 is 1. The maximum absolute atomic E-state index is 12.4. The van der Waals surface area contributed by atoms with Gasteiger partial charge in [-0.3, -0.25) is 4.79 Å². The SMILES string of the molecule is COCCNCC(=O)N1CCCC1c1ccc2c(c1)OCCO2. The lowest BCUT2D eigenvalue weighted by atomic mass is 10.0. The first-order chi connectivity index (χ1) is 11.3. The van der Waals surface area contributed by atoms with Gasteiger partial charge in [-0.2, -0.15) is 0 Å². The molecule has 126 valence electrons. The quantitative estimate of drug-likeness (QED) is 0.802. The van der Waals surface area contributed by atoms with E-state index in [2.05, 4.69) is 5.32 Å². The van der Waals surface area contributed by atoms with Crippen molar-refractivity contribution in [2.45, 2.75) is 18.9 Å². The normalized spacial score (nSPS) is 19.9. The second kappa shape index (κ2) is 7.66. The van der Waals surface area contributed by atoms with E-state index in [0.29, 0.717) is 32.9 Å². The fourth-order valence-electron chi connectivity index (χ4n) is 3.15. The highest BCUT2D eigenvalue weighted by Crippen LogP contribution is 2.37. The molecule has 0 bridgehead atoms. The van der Waals surface area contributed by atoms with Crippen molar-refractivity contribution in [1.82, 2.24) is 10.2 Å². The Balaban J connectivity index is 1.65. The van der Waals surface area contributed by atoms with Crippen LogP contribution in [-0.2, 0) is 9.53 Å². The monoisotopic (exact) mass is 320 g/mol.